The first-order valence-corrected chi connectivity index (χ1v) is 6.44. The van der Waals surface area contributed by atoms with Gasteiger partial charge in [-0.3, -0.25) is 9.89 Å². The minimum absolute atomic E-state index is 0.0680. The Kier molecular flexibility index (Phi) is 3.42. The van der Waals surface area contributed by atoms with E-state index in [-0.39, 0.29) is 12.0 Å². The second kappa shape index (κ2) is 5.38. The van der Waals surface area contributed by atoms with Crippen LogP contribution in [0.5, 0.6) is 0 Å². The molecule has 0 aromatic carbocycles. The molecule has 2 aromatic heterocycles. The Balaban J connectivity index is 1.75. The number of morpholine rings is 1. The van der Waals surface area contributed by atoms with Gasteiger partial charge in [0.1, 0.15) is 17.6 Å². The quantitative estimate of drug-likeness (QED) is 0.871. The van der Waals surface area contributed by atoms with E-state index in [9.17, 15) is 4.79 Å². The lowest BCUT2D eigenvalue weighted by molar-refractivity contribution is -0.0250. The van der Waals surface area contributed by atoms with Crippen LogP contribution < -0.4 is 0 Å². The van der Waals surface area contributed by atoms with Gasteiger partial charge in [0.05, 0.1) is 18.8 Å². The summed E-state index contributed by atoms with van der Waals surface area (Å²) < 4.78 is 5.71. The topological polar surface area (TPSA) is 84.0 Å². The molecule has 3 rings (SSSR count). The smallest absolute Gasteiger partial charge is 0.272 e. The molecule has 1 aliphatic rings. The minimum Gasteiger partial charge on any atom is -0.368 e. The van der Waals surface area contributed by atoms with E-state index in [1.807, 2.05) is 13.0 Å². The van der Waals surface area contributed by atoms with Crippen molar-refractivity contribution in [2.24, 2.45) is 0 Å². The van der Waals surface area contributed by atoms with E-state index in [4.69, 9.17) is 4.74 Å². The number of hydrogen-bond acceptors (Lipinski definition) is 5. The number of carbonyl (C=O) groups is 1. The van der Waals surface area contributed by atoms with Crippen LogP contribution in [0.2, 0.25) is 0 Å². The van der Waals surface area contributed by atoms with Gasteiger partial charge in [-0.1, -0.05) is 0 Å². The van der Waals surface area contributed by atoms with Gasteiger partial charge < -0.3 is 9.64 Å². The summed E-state index contributed by atoms with van der Waals surface area (Å²) in [7, 11) is 0. The van der Waals surface area contributed by atoms with E-state index < -0.39 is 0 Å². The van der Waals surface area contributed by atoms with Crippen molar-refractivity contribution in [3.05, 3.63) is 41.7 Å². The molecule has 0 spiro atoms. The minimum atomic E-state index is -0.211. The Bertz CT molecular complexity index is 599. The maximum absolute atomic E-state index is 12.3. The molecule has 1 aliphatic heterocycles. The molecule has 1 N–H and O–H groups in total. The maximum atomic E-state index is 12.3. The zero-order valence-corrected chi connectivity index (χ0v) is 11.1. The van der Waals surface area contributed by atoms with Crippen molar-refractivity contribution >= 4 is 5.91 Å². The summed E-state index contributed by atoms with van der Waals surface area (Å²) in [6.45, 7) is 3.38. The highest BCUT2D eigenvalue weighted by Gasteiger charge is 2.27. The lowest BCUT2D eigenvalue weighted by Crippen LogP contribution is -2.42. The number of hydrogen-bond donors (Lipinski definition) is 1. The average molecular weight is 273 g/mol. The number of aromatic amines is 1. The van der Waals surface area contributed by atoms with Crippen LogP contribution in [0.15, 0.2) is 24.5 Å². The Morgan fingerprint density at radius 2 is 2.35 bits per heavy atom. The number of nitrogens with zero attached hydrogens (tertiary/aromatic N) is 4. The first-order chi connectivity index (χ1) is 9.74. The maximum Gasteiger partial charge on any atom is 0.272 e. The molecule has 1 atom stereocenters. The third-order valence-corrected chi connectivity index (χ3v) is 3.21. The number of aryl methyl sites for hydroxylation is 1. The van der Waals surface area contributed by atoms with E-state index in [1.54, 1.807) is 23.4 Å². The molecule has 7 heteroatoms. The summed E-state index contributed by atoms with van der Waals surface area (Å²) in [4.78, 5) is 22.4. The first-order valence-electron chi connectivity index (χ1n) is 6.44. The SMILES string of the molecule is Cc1nccc([C@@H]2CN(C(=O)c3ccn[nH]3)CCO2)n1. The molecule has 2 aromatic rings. The van der Waals surface area contributed by atoms with E-state index in [0.717, 1.165) is 5.69 Å². The van der Waals surface area contributed by atoms with Gasteiger partial charge in [0, 0.05) is 18.9 Å². The highest BCUT2D eigenvalue weighted by atomic mass is 16.5. The molecule has 0 radical (unpaired) electrons. The van der Waals surface area contributed by atoms with Crippen molar-refractivity contribution < 1.29 is 9.53 Å². The van der Waals surface area contributed by atoms with E-state index >= 15 is 0 Å². The molecule has 104 valence electrons. The molecule has 0 saturated carbocycles. The summed E-state index contributed by atoms with van der Waals surface area (Å²) in [5.74, 6) is 0.629. The molecular weight excluding hydrogens is 258 g/mol. The normalized spacial score (nSPS) is 19.1. The first kappa shape index (κ1) is 12.7. The van der Waals surface area contributed by atoms with Crippen molar-refractivity contribution in [2.75, 3.05) is 19.7 Å². The summed E-state index contributed by atoms with van der Waals surface area (Å²) in [6, 6.07) is 3.49. The fraction of sp³-hybridized carbons (Fsp3) is 0.385. The third kappa shape index (κ3) is 2.53. The van der Waals surface area contributed by atoms with Crippen molar-refractivity contribution in [2.45, 2.75) is 13.0 Å². The molecule has 0 bridgehead atoms. The number of carbonyl (C=O) groups excluding carboxylic acids is 1. The summed E-state index contributed by atoms with van der Waals surface area (Å²) in [5, 5.41) is 6.49. The van der Waals surface area contributed by atoms with Crippen LogP contribution in [0.3, 0.4) is 0 Å². The molecule has 0 aliphatic carbocycles. The van der Waals surface area contributed by atoms with Crippen molar-refractivity contribution in [1.82, 2.24) is 25.1 Å². The zero-order valence-electron chi connectivity index (χ0n) is 11.1. The van der Waals surface area contributed by atoms with Crippen molar-refractivity contribution in [3.8, 4) is 0 Å². The number of nitrogens with one attached hydrogen (secondary N) is 1. The van der Waals surface area contributed by atoms with Crippen LogP contribution in [0, 0.1) is 6.92 Å². The third-order valence-electron chi connectivity index (χ3n) is 3.21. The standard InChI is InChI=1S/C13H15N5O2/c1-9-14-4-2-10(16-9)12-8-18(6-7-20-12)13(19)11-3-5-15-17-11/h2-5,12H,6-8H2,1H3,(H,15,17)/t12-/m0/s1. The second-order valence-electron chi connectivity index (χ2n) is 4.61. The van der Waals surface area contributed by atoms with Crippen molar-refractivity contribution in [3.63, 3.8) is 0 Å². The number of rotatable bonds is 2. The van der Waals surface area contributed by atoms with Gasteiger partial charge in [0.15, 0.2) is 0 Å². The molecule has 0 unspecified atom stereocenters. The number of aromatic nitrogens is 4. The predicted molar refractivity (Wildman–Crippen MR) is 70.0 cm³/mol. The van der Waals surface area contributed by atoms with Gasteiger partial charge >= 0.3 is 0 Å². The Hall–Kier alpha value is -2.28. The van der Waals surface area contributed by atoms with E-state index in [1.165, 1.54) is 0 Å². The molecule has 1 fully saturated rings. The van der Waals surface area contributed by atoms with Crippen LogP contribution >= 0.6 is 0 Å². The summed E-state index contributed by atoms with van der Waals surface area (Å²) in [6.07, 6.45) is 3.06. The highest BCUT2D eigenvalue weighted by molar-refractivity contribution is 5.92. The van der Waals surface area contributed by atoms with Crippen LogP contribution in [0.1, 0.15) is 28.1 Å². The van der Waals surface area contributed by atoms with Crippen LogP contribution in [0.25, 0.3) is 0 Å². The molecular formula is C13H15N5O2. The zero-order chi connectivity index (χ0) is 13.9. The number of ether oxygens (including phenoxy) is 1. The lowest BCUT2D eigenvalue weighted by Gasteiger charge is -2.32. The molecule has 3 heterocycles. The fourth-order valence-corrected chi connectivity index (χ4v) is 2.21. The van der Waals surface area contributed by atoms with Gasteiger partial charge in [-0.15, -0.1) is 0 Å². The highest BCUT2D eigenvalue weighted by Crippen LogP contribution is 2.21. The van der Waals surface area contributed by atoms with Gasteiger partial charge in [-0.2, -0.15) is 5.10 Å². The molecule has 1 saturated heterocycles. The molecule has 7 nitrogen and oxygen atoms in total. The Labute approximate surface area is 116 Å². The Morgan fingerprint density at radius 1 is 1.45 bits per heavy atom. The van der Waals surface area contributed by atoms with Gasteiger partial charge in [-0.05, 0) is 19.1 Å². The fourth-order valence-electron chi connectivity index (χ4n) is 2.21. The summed E-state index contributed by atoms with van der Waals surface area (Å²) >= 11 is 0. The largest absolute Gasteiger partial charge is 0.368 e. The Morgan fingerprint density at radius 3 is 3.10 bits per heavy atom. The van der Waals surface area contributed by atoms with Crippen molar-refractivity contribution in [1.29, 1.82) is 0 Å². The number of H-pyrrole nitrogens is 1. The van der Waals surface area contributed by atoms with E-state index in [0.29, 0.717) is 31.2 Å². The number of amides is 1. The van der Waals surface area contributed by atoms with Crippen LogP contribution in [-0.2, 0) is 4.74 Å². The van der Waals surface area contributed by atoms with Gasteiger partial charge in [-0.25, -0.2) is 9.97 Å². The monoisotopic (exact) mass is 273 g/mol. The molecule has 1 amide bonds. The second-order valence-corrected chi connectivity index (χ2v) is 4.61. The van der Waals surface area contributed by atoms with Gasteiger partial charge in [0.25, 0.3) is 5.91 Å². The average Bonchev–Trinajstić information content (AvgIpc) is 3.01. The lowest BCUT2D eigenvalue weighted by atomic mass is 10.2. The summed E-state index contributed by atoms with van der Waals surface area (Å²) in [5.41, 5.74) is 1.30. The van der Waals surface area contributed by atoms with E-state index in [2.05, 4.69) is 20.2 Å². The molecule has 20 heavy (non-hydrogen) atoms. The van der Waals surface area contributed by atoms with Crippen LogP contribution in [-0.4, -0.2) is 50.7 Å². The predicted octanol–water partition coefficient (Wildman–Crippen LogP) is 0.722. The van der Waals surface area contributed by atoms with Gasteiger partial charge in [0.2, 0.25) is 0 Å². The van der Waals surface area contributed by atoms with Crippen LogP contribution in [0.4, 0.5) is 0 Å².